The van der Waals surface area contributed by atoms with E-state index in [2.05, 4.69) is 49.4 Å². The highest BCUT2D eigenvalue weighted by molar-refractivity contribution is 5.79. The minimum absolute atomic E-state index is 0.0600. The molecule has 3 heterocycles. The molecule has 1 atom stereocenters. The number of rotatable bonds is 6. The second kappa shape index (κ2) is 9.15. The van der Waals surface area contributed by atoms with E-state index in [4.69, 9.17) is 0 Å². The predicted octanol–water partition coefficient (Wildman–Crippen LogP) is 2.65. The van der Waals surface area contributed by atoms with Crippen molar-refractivity contribution in [3.05, 3.63) is 54.5 Å². The molecule has 2 fully saturated rings. The average molecular weight is 380 g/mol. The molecule has 0 aliphatic carbocycles. The molecule has 2 aliphatic rings. The lowest BCUT2D eigenvalue weighted by molar-refractivity contribution is -0.126. The highest BCUT2D eigenvalue weighted by Crippen LogP contribution is 2.23. The molecule has 2 saturated heterocycles. The minimum atomic E-state index is 0.0600. The number of aromatic nitrogens is 2. The monoisotopic (exact) mass is 379 g/mol. The summed E-state index contributed by atoms with van der Waals surface area (Å²) in [6.07, 6.45) is 9.43. The van der Waals surface area contributed by atoms with Crippen LogP contribution in [0.15, 0.2) is 48.9 Å². The molecule has 2 aromatic rings. The van der Waals surface area contributed by atoms with Gasteiger partial charge in [-0.25, -0.2) is 4.98 Å². The van der Waals surface area contributed by atoms with Crippen molar-refractivity contribution in [3.63, 3.8) is 0 Å². The van der Waals surface area contributed by atoms with Gasteiger partial charge in [0.25, 0.3) is 0 Å². The first-order valence-corrected chi connectivity index (χ1v) is 10.4. The highest BCUT2D eigenvalue weighted by atomic mass is 16.2. The van der Waals surface area contributed by atoms with E-state index in [0.717, 1.165) is 51.4 Å². The van der Waals surface area contributed by atoms with Gasteiger partial charge in [0, 0.05) is 37.9 Å². The first-order chi connectivity index (χ1) is 13.8. The number of hydrogen-bond acceptors (Lipinski definition) is 5. The van der Waals surface area contributed by atoms with Crippen LogP contribution in [0.2, 0.25) is 0 Å². The first-order valence-electron chi connectivity index (χ1n) is 10.4. The summed E-state index contributed by atoms with van der Waals surface area (Å²) in [5.74, 6) is 1.15. The van der Waals surface area contributed by atoms with Crippen molar-refractivity contribution in [2.24, 2.45) is 5.92 Å². The van der Waals surface area contributed by atoms with Crippen LogP contribution >= 0.6 is 0 Å². The van der Waals surface area contributed by atoms with Crippen LogP contribution < -0.4 is 10.2 Å². The van der Waals surface area contributed by atoms with Gasteiger partial charge in [-0.15, -0.1) is 0 Å². The van der Waals surface area contributed by atoms with E-state index in [0.29, 0.717) is 0 Å². The molecule has 6 nitrogen and oxygen atoms in total. The standard InChI is InChI=1S/C22H29N5O/c28-22(19-8-14-27(15-9-19)21-16-23-10-11-24-21)25-20(17-26-12-4-5-13-26)18-6-2-1-3-7-18/h1-3,6-7,10-11,16,19-20H,4-5,8-9,12-15,17H2,(H,25,28). The third-order valence-electron chi connectivity index (χ3n) is 5.90. The fourth-order valence-electron chi connectivity index (χ4n) is 4.26. The van der Waals surface area contributed by atoms with Gasteiger partial charge < -0.3 is 15.1 Å². The zero-order valence-corrected chi connectivity index (χ0v) is 16.3. The molecule has 148 valence electrons. The van der Waals surface area contributed by atoms with Crippen LogP contribution in [0, 0.1) is 5.92 Å². The molecule has 1 unspecified atom stereocenters. The lowest BCUT2D eigenvalue weighted by Crippen LogP contribution is -2.44. The molecule has 0 spiro atoms. The van der Waals surface area contributed by atoms with E-state index < -0.39 is 0 Å². The zero-order valence-electron chi connectivity index (χ0n) is 16.3. The fourth-order valence-corrected chi connectivity index (χ4v) is 4.26. The molecule has 1 amide bonds. The van der Waals surface area contributed by atoms with Crippen molar-refractivity contribution in [2.75, 3.05) is 37.6 Å². The van der Waals surface area contributed by atoms with Gasteiger partial charge in [0.2, 0.25) is 5.91 Å². The first kappa shape index (κ1) is 18.9. The number of carbonyl (C=O) groups excluding carboxylic acids is 1. The predicted molar refractivity (Wildman–Crippen MR) is 110 cm³/mol. The second-order valence-corrected chi connectivity index (χ2v) is 7.80. The summed E-state index contributed by atoms with van der Waals surface area (Å²) in [6.45, 7) is 4.86. The highest BCUT2D eigenvalue weighted by Gasteiger charge is 2.28. The Balaban J connectivity index is 1.36. The average Bonchev–Trinajstić information content (AvgIpc) is 3.28. The Morgan fingerprint density at radius 2 is 1.82 bits per heavy atom. The summed E-state index contributed by atoms with van der Waals surface area (Å²) in [6, 6.07) is 10.4. The maximum absolute atomic E-state index is 13.0. The quantitative estimate of drug-likeness (QED) is 0.836. The number of likely N-dealkylation sites (tertiary alicyclic amines) is 1. The van der Waals surface area contributed by atoms with Crippen molar-refractivity contribution >= 4 is 11.7 Å². The fraction of sp³-hybridized carbons (Fsp3) is 0.500. The van der Waals surface area contributed by atoms with Gasteiger partial charge in [0.15, 0.2) is 0 Å². The number of carbonyl (C=O) groups is 1. The number of nitrogens with zero attached hydrogens (tertiary/aromatic N) is 4. The van der Waals surface area contributed by atoms with Crippen LogP contribution in [0.3, 0.4) is 0 Å². The summed E-state index contributed by atoms with van der Waals surface area (Å²) in [5.41, 5.74) is 1.19. The molecule has 0 bridgehead atoms. The van der Waals surface area contributed by atoms with Crippen molar-refractivity contribution in [3.8, 4) is 0 Å². The van der Waals surface area contributed by atoms with Crippen LogP contribution in [0.25, 0.3) is 0 Å². The van der Waals surface area contributed by atoms with Gasteiger partial charge in [0.1, 0.15) is 5.82 Å². The lowest BCUT2D eigenvalue weighted by Gasteiger charge is -2.33. The van der Waals surface area contributed by atoms with E-state index in [1.807, 2.05) is 6.07 Å². The van der Waals surface area contributed by atoms with Crippen LogP contribution in [0.1, 0.15) is 37.3 Å². The second-order valence-electron chi connectivity index (χ2n) is 7.80. The Labute approximate surface area is 167 Å². The summed E-state index contributed by atoms with van der Waals surface area (Å²) < 4.78 is 0. The van der Waals surface area contributed by atoms with Crippen molar-refractivity contribution < 1.29 is 4.79 Å². The largest absolute Gasteiger partial charge is 0.355 e. The Bertz CT molecular complexity index is 740. The molecule has 1 N–H and O–H groups in total. The molecule has 28 heavy (non-hydrogen) atoms. The topological polar surface area (TPSA) is 61.4 Å². The smallest absolute Gasteiger partial charge is 0.223 e. The van der Waals surface area contributed by atoms with Gasteiger partial charge >= 0.3 is 0 Å². The SMILES string of the molecule is O=C(NC(CN1CCCC1)c1ccccc1)C1CCN(c2cnccn2)CC1. The van der Waals surface area contributed by atoms with Crippen LogP contribution in [-0.2, 0) is 4.79 Å². The zero-order chi connectivity index (χ0) is 19.2. The minimum Gasteiger partial charge on any atom is -0.355 e. The number of amides is 1. The number of hydrogen-bond donors (Lipinski definition) is 1. The number of anilines is 1. The van der Waals surface area contributed by atoms with Gasteiger partial charge in [0.05, 0.1) is 12.2 Å². The number of piperidine rings is 1. The normalized spacial score (nSPS) is 19.5. The molecule has 1 aromatic carbocycles. The molecular formula is C22H29N5O. The van der Waals surface area contributed by atoms with Gasteiger partial charge in [-0.1, -0.05) is 30.3 Å². The van der Waals surface area contributed by atoms with Crippen molar-refractivity contribution in [1.29, 1.82) is 0 Å². The molecule has 4 rings (SSSR count). The van der Waals surface area contributed by atoms with E-state index in [9.17, 15) is 4.79 Å². The maximum Gasteiger partial charge on any atom is 0.223 e. The number of nitrogens with one attached hydrogen (secondary N) is 1. The van der Waals surface area contributed by atoms with Crippen LogP contribution in [0.4, 0.5) is 5.82 Å². The molecule has 1 aromatic heterocycles. The van der Waals surface area contributed by atoms with Crippen molar-refractivity contribution in [1.82, 2.24) is 20.2 Å². The van der Waals surface area contributed by atoms with E-state index in [-0.39, 0.29) is 17.9 Å². The summed E-state index contributed by atoms with van der Waals surface area (Å²) >= 11 is 0. The van der Waals surface area contributed by atoms with E-state index >= 15 is 0 Å². The molecule has 2 aliphatic heterocycles. The third-order valence-corrected chi connectivity index (χ3v) is 5.90. The number of benzene rings is 1. The van der Waals surface area contributed by atoms with Crippen LogP contribution in [0.5, 0.6) is 0 Å². The van der Waals surface area contributed by atoms with Gasteiger partial charge in [-0.3, -0.25) is 9.78 Å². The molecule has 0 radical (unpaired) electrons. The Morgan fingerprint density at radius 3 is 2.50 bits per heavy atom. The third kappa shape index (κ3) is 4.68. The lowest BCUT2D eigenvalue weighted by atomic mass is 9.95. The van der Waals surface area contributed by atoms with Crippen molar-refractivity contribution in [2.45, 2.75) is 31.7 Å². The van der Waals surface area contributed by atoms with Gasteiger partial charge in [-0.2, -0.15) is 0 Å². The molecule has 6 heteroatoms. The Morgan fingerprint density at radius 1 is 1.07 bits per heavy atom. The maximum atomic E-state index is 13.0. The summed E-state index contributed by atoms with van der Waals surface area (Å²) in [4.78, 5) is 26.2. The summed E-state index contributed by atoms with van der Waals surface area (Å²) in [5, 5.41) is 3.36. The Hall–Kier alpha value is -2.47. The van der Waals surface area contributed by atoms with E-state index in [1.54, 1.807) is 18.6 Å². The van der Waals surface area contributed by atoms with E-state index in [1.165, 1.54) is 18.4 Å². The molecule has 0 saturated carbocycles. The van der Waals surface area contributed by atoms with Gasteiger partial charge in [-0.05, 0) is 44.3 Å². The van der Waals surface area contributed by atoms with Crippen LogP contribution in [-0.4, -0.2) is 53.5 Å². The summed E-state index contributed by atoms with van der Waals surface area (Å²) in [7, 11) is 0. The Kier molecular flexibility index (Phi) is 6.17. The molecular weight excluding hydrogens is 350 g/mol.